The molecule has 0 bridgehead atoms. The number of carbonyl (C=O) groups excluding carboxylic acids is 2. The normalized spacial score (nSPS) is 26.1. The van der Waals surface area contributed by atoms with E-state index >= 15 is 0 Å². The molecule has 2 heterocycles. The van der Waals surface area contributed by atoms with Gasteiger partial charge in [0.1, 0.15) is 11.6 Å². The molecule has 2 amide bonds. The van der Waals surface area contributed by atoms with Crippen LogP contribution in [0.25, 0.3) is 0 Å². The molecule has 2 saturated carbocycles. The number of hydrogen-bond donors (Lipinski definition) is 1. The number of carbonyl (C=O) groups is 2. The molecule has 0 spiro atoms. The Kier molecular flexibility index (Phi) is 6.46. The van der Waals surface area contributed by atoms with Gasteiger partial charge in [-0.15, -0.1) is 10.2 Å². The highest BCUT2D eigenvalue weighted by molar-refractivity contribution is 5.94. The summed E-state index contributed by atoms with van der Waals surface area (Å²) < 4.78 is 2.36. The lowest BCUT2D eigenvalue weighted by Gasteiger charge is -2.38. The first-order valence-corrected chi connectivity index (χ1v) is 13.6. The molecule has 0 unspecified atom stereocenters. The van der Waals surface area contributed by atoms with Crippen LogP contribution >= 0.6 is 0 Å². The SMILES string of the molecule is CC(=O)N1C[C@H](C(=O)Nc2ccc(C)cc2C)[C@@H](c2nnc([C@H]3C[C@@H](CC(C)(C)C)C3)n2C2CC2)C1. The highest BCUT2D eigenvalue weighted by atomic mass is 16.2. The van der Waals surface area contributed by atoms with Crippen LogP contribution in [-0.2, 0) is 9.59 Å². The summed E-state index contributed by atoms with van der Waals surface area (Å²) >= 11 is 0. The predicted molar refractivity (Wildman–Crippen MR) is 141 cm³/mol. The van der Waals surface area contributed by atoms with E-state index in [1.54, 1.807) is 11.8 Å². The number of aryl methyl sites for hydroxylation is 2. The Hall–Kier alpha value is -2.70. The first-order valence-electron chi connectivity index (χ1n) is 13.6. The van der Waals surface area contributed by atoms with Crippen molar-refractivity contribution in [3.05, 3.63) is 41.0 Å². The van der Waals surface area contributed by atoms with Crippen molar-refractivity contribution in [2.24, 2.45) is 17.3 Å². The molecule has 0 radical (unpaired) electrons. The summed E-state index contributed by atoms with van der Waals surface area (Å²) in [5, 5.41) is 12.6. The fourth-order valence-electron chi connectivity index (χ4n) is 6.30. The number of amides is 2. The second kappa shape index (κ2) is 9.31. The van der Waals surface area contributed by atoms with Crippen LogP contribution in [0.2, 0.25) is 0 Å². The summed E-state index contributed by atoms with van der Waals surface area (Å²) in [4.78, 5) is 27.7. The maximum Gasteiger partial charge on any atom is 0.230 e. The molecule has 1 saturated heterocycles. The van der Waals surface area contributed by atoms with Crippen LogP contribution in [0.15, 0.2) is 18.2 Å². The minimum absolute atomic E-state index is 0.00328. The lowest BCUT2D eigenvalue weighted by molar-refractivity contribution is -0.128. The Bertz CT molecular complexity index is 1150. The highest BCUT2D eigenvalue weighted by Gasteiger charge is 2.46. The lowest BCUT2D eigenvalue weighted by atomic mass is 9.68. The number of aromatic nitrogens is 3. The average Bonchev–Trinajstić information content (AvgIpc) is 3.34. The third-order valence-electron chi connectivity index (χ3n) is 8.24. The molecule has 1 N–H and O–H groups in total. The van der Waals surface area contributed by atoms with E-state index in [0.29, 0.717) is 30.5 Å². The van der Waals surface area contributed by atoms with Gasteiger partial charge >= 0.3 is 0 Å². The van der Waals surface area contributed by atoms with E-state index in [1.165, 1.54) is 19.3 Å². The van der Waals surface area contributed by atoms with Crippen molar-refractivity contribution in [3.63, 3.8) is 0 Å². The van der Waals surface area contributed by atoms with E-state index in [2.05, 4.69) is 36.7 Å². The topological polar surface area (TPSA) is 80.1 Å². The molecule has 7 nitrogen and oxygen atoms in total. The standard InChI is InChI=1S/C29H41N5O2/c1-17-7-10-25(18(2)11-17)30-28(36)24-16-33(19(3)35)15-23(24)27-32-31-26(34(27)22-8-9-22)21-12-20(13-21)14-29(4,5)6/h7,10-11,20-24H,8-9,12-16H2,1-6H3,(H,30,36)/t20-,21+,23-,24-/m0/s1. The third-order valence-corrected chi connectivity index (χ3v) is 8.24. The summed E-state index contributed by atoms with van der Waals surface area (Å²) in [5.41, 5.74) is 3.38. The van der Waals surface area contributed by atoms with E-state index in [9.17, 15) is 9.59 Å². The molecule has 2 atom stereocenters. The van der Waals surface area contributed by atoms with Gasteiger partial charge in [0.25, 0.3) is 0 Å². The van der Waals surface area contributed by atoms with Gasteiger partial charge in [-0.1, -0.05) is 38.5 Å². The number of anilines is 1. The molecule has 3 fully saturated rings. The predicted octanol–water partition coefficient (Wildman–Crippen LogP) is 5.36. The van der Waals surface area contributed by atoms with Crippen LogP contribution in [0.1, 0.15) is 100 Å². The Labute approximate surface area is 215 Å². The van der Waals surface area contributed by atoms with Crippen molar-refractivity contribution in [3.8, 4) is 0 Å². The summed E-state index contributed by atoms with van der Waals surface area (Å²) in [6.45, 7) is 13.5. The van der Waals surface area contributed by atoms with Gasteiger partial charge in [-0.05, 0) is 68.9 Å². The first kappa shape index (κ1) is 25.0. The molecule has 1 aromatic carbocycles. The van der Waals surface area contributed by atoms with Crippen molar-refractivity contribution in [2.45, 2.75) is 91.5 Å². The molecule has 3 aliphatic rings. The smallest absolute Gasteiger partial charge is 0.230 e. The zero-order valence-corrected chi connectivity index (χ0v) is 22.7. The lowest BCUT2D eigenvalue weighted by Crippen LogP contribution is -2.31. The van der Waals surface area contributed by atoms with Gasteiger partial charge < -0.3 is 14.8 Å². The molecular weight excluding hydrogens is 450 g/mol. The number of rotatable bonds is 6. The number of nitrogens with zero attached hydrogens (tertiary/aromatic N) is 4. The second-order valence-corrected chi connectivity index (χ2v) is 12.8. The Morgan fingerprint density at radius 1 is 1.06 bits per heavy atom. The van der Waals surface area contributed by atoms with E-state index in [4.69, 9.17) is 10.2 Å². The van der Waals surface area contributed by atoms with Crippen molar-refractivity contribution in [1.29, 1.82) is 0 Å². The molecule has 2 aromatic rings. The molecular formula is C29H41N5O2. The summed E-state index contributed by atoms with van der Waals surface area (Å²) in [6.07, 6.45) is 5.86. The molecule has 1 aromatic heterocycles. The minimum Gasteiger partial charge on any atom is -0.341 e. The van der Waals surface area contributed by atoms with Crippen molar-refractivity contribution < 1.29 is 9.59 Å². The number of hydrogen-bond acceptors (Lipinski definition) is 4. The van der Waals surface area contributed by atoms with E-state index in [0.717, 1.165) is 47.2 Å². The van der Waals surface area contributed by atoms with Crippen LogP contribution in [0.3, 0.4) is 0 Å². The first-order chi connectivity index (χ1) is 17.0. The van der Waals surface area contributed by atoms with Crippen LogP contribution in [-0.4, -0.2) is 44.6 Å². The van der Waals surface area contributed by atoms with Gasteiger partial charge in [-0.2, -0.15) is 0 Å². The number of nitrogens with one attached hydrogen (secondary N) is 1. The van der Waals surface area contributed by atoms with Crippen LogP contribution < -0.4 is 5.32 Å². The number of likely N-dealkylation sites (tertiary alicyclic amines) is 1. The van der Waals surface area contributed by atoms with Gasteiger partial charge in [-0.3, -0.25) is 9.59 Å². The maximum atomic E-state index is 13.6. The quantitative estimate of drug-likeness (QED) is 0.590. The van der Waals surface area contributed by atoms with E-state index in [1.807, 2.05) is 26.0 Å². The molecule has 7 heteroatoms. The zero-order valence-electron chi connectivity index (χ0n) is 22.7. The molecule has 36 heavy (non-hydrogen) atoms. The largest absolute Gasteiger partial charge is 0.341 e. The molecule has 5 rings (SSSR count). The van der Waals surface area contributed by atoms with E-state index < -0.39 is 0 Å². The minimum atomic E-state index is -0.348. The van der Waals surface area contributed by atoms with E-state index in [-0.39, 0.29) is 23.7 Å². The fourth-order valence-corrected chi connectivity index (χ4v) is 6.30. The van der Waals surface area contributed by atoms with Crippen molar-refractivity contribution in [2.75, 3.05) is 18.4 Å². The Morgan fingerprint density at radius 3 is 2.36 bits per heavy atom. The maximum absolute atomic E-state index is 13.6. The van der Waals surface area contributed by atoms with Gasteiger partial charge in [0, 0.05) is 37.7 Å². The third kappa shape index (κ3) is 5.07. The van der Waals surface area contributed by atoms with Gasteiger partial charge in [0.2, 0.25) is 11.8 Å². The van der Waals surface area contributed by atoms with Gasteiger partial charge in [0.05, 0.1) is 11.8 Å². The molecule has 2 aliphatic carbocycles. The monoisotopic (exact) mass is 491 g/mol. The summed E-state index contributed by atoms with van der Waals surface area (Å²) in [5.74, 6) is 2.67. The highest BCUT2D eigenvalue weighted by Crippen LogP contribution is 2.49. The molecule has 194 valence electrons. The Balaban J connectivity index is 1.39. The second-order valence-electron chi connectivity index (χ2n) is 12.8. The average molecular weight is 492 g/mol. The Morgan fingerprint density at radius 2 is 1.75 bits per heavy atom. The van der Waals surface area contributed by atoms with Gasteiger partial charge in [-0.25, -0.2) is 0 Å². The van der Waals surface area contributed by atoms with Crippen LogP contribution in [0.5, 0.6) is 0 Å². The van der Waals surface area contributed by atoms with Crippen LogP contribution in [0.4, 0.5) is 5.69 Å². The summed E-state index contributed by atoms with van der Waals surface area (Å²) in [6, 6.07) is 6.48. The number of benzene rings is 1. The van der Waals surface area contributed by atoms with Gasteiger partial charge in [0.15, 0.2) is 0 Å². The van der Waals surface area contributed by atoms with Crippen LogP contribution in [0, 0.1) is 31.1 Å². The van der Waals surface area contributed by atoms with Crippen molar-refractivity contribution in [1.82, 2.24) is 19.7 Å². The fraction of sp³-hybridized carbons (Fsp3) is 0.655. The van der Waals surface area contributed by atoms with Crippen molar-refractivity contribution >= 4 is 17.5 Å². The zero-order chi connectivity index (χ0) is 25.8. The summed E-state index contributed by atoms with van der Waals surface area (Å²) in [7, 11) is 0. The molecule has 1 aliphatic heterocycles.